The molecule has 84 valence electrons. The summed E-state index contributed by atoms with van der Waals surface area (Å²) in [5.41, 5.74) is 1.30. The lowest BCUT2D eigenvalue weighted by molar-refractivity contribution is -0.894. The van der Waals surface area contributed by atoms with E-state index in [1.807, 2.05) is 12.1 Å². The number of phenols is 1. The van der Waals surface area contributed by atoms with E-state index in [9.17, 15) is 0 Å². The van der Waals surface area contributed by atoms with Crippen molar-refractivity contribution in [3.8, 4) is 5.75 Å². The first-order valence-corrected chi connectivity index (χ1v) is 5.48. The van der Waals surface area contributed by atoms with Crippen molar-refractivity contribution >= 4 is 0 Å². The maximum Gasteiger partial charge on any atom is 0.115 e. The molecule has 15 heavy (non-hydrogen) atoms. The van der Waals surface area contributed by atoms with Gasteiger partial charge in [-0.15, -0.1) is 0 Å². The van der Waals surface area contributed by atoms with Crippen LogP contribution in [0.3, 0.4) is 0 Å². The largest absolute Gasteiger partial charge is 0.508 e. The highest BCUT2D eigenvalue weighted by atomic mass is 16.3. The number of aryl methyl sites for hydroxylation is 1. The van der Waals surface area contributed by atoms with Crippen LogP contribution in [0.25, 0.3) is 0 Å². The lowest BCUT2D eigenvalue weighted by Crippen LogP contribution is -2.43. The van der Waals surface area contributed by atoms with E-state index in [2.05, 4.69) is 28.1 Å². The number of benzene rings is 1. The number of rotatable bonds is 4. The van der Waals surface area contributed by atoms with Gasteiger partial charge in [-0.1, -0.05) is 12.1 Å². The summed E-state index contributed by atoms with van der Waals surface area (Å²) in [6, 6.07) is 8.16. The molecule has 0 amide bonds. The average Bonchev–Trinajstić information content (AvgIpc) is 2.15. The molecular weight excluding hydrogens is 186 g/mol. The SMILES string of the molecule is CC(CCc1ccc(O)cc1)[N+](C)(C)C. The molecule has 0 aliphatic rings. The molecule has 0 fully saturated rings. The van der Waals surface area contributed by atoms with E-state index >= 15 is 0 Å². The van der Waals surface area contributed by atoms with Crippen LogP contribution in [-0.2, 0) is 6.42 Å². The van der Waals surface area contributed by atoms with Crippen molar-refractivity contribution in [3.63, 3.8) is 0 Å². The zero-order valence-corrected chi connectivity index (χ0v) is 10.2. The normalized spacial score (nSPS) is 13.9. The maximum absolute atomic E-state index is 9.16. The Labute approximate surface area is 92.8 Å². The van der Waals surface area contributed by atoms with Gasteiger partial charge in [-0.2, -0.15) is 0 Å². The fourth-order valence-electron chi connectivity index (χ4n) is 1.43. The second-order valence-electron chi connectivity index (χ2n) is 5.17. The molecule has 0 aliphatic heterocycles. The molecule has 1 N–H and O–H groups in total. The summed E-state index contributed by atoms with van der Waals surface area (Å²) in [6.07, 6.45) is 2.26. The van der Waals surface area contributed by atoms with E-state index in [-0.39, 0.29) is 0 Å². The predicted molar refractivity (Wildman–Crippen MR) is 63.9 cm³/mol. The Morgan fingerprint density at radius 2 is 1.67 bits per heavy atom. The molecule has 1 aromatic carbocycles. The molecule has 0 heterocycles. The van der Waals surface area contributed by atoms with E-state index in [0.29, 0.717) is 11.8 Å². The third kappa shape index (κ3) is 3.92. The third-order valence-corrected chi connectivity index (χ3v) is 3.11. The zero-order chi connectivity index (χ0) is 11.5. The summed E-state index contributed by atoms with van der Waals surface area (Å²) >= 11 is 0. The van der Waals surface area contributed by atoms with Crippen LogP contribution >= 0.6 is 0 Å². The van der Waals surface area contributed by atoms with E-state index < -0.39 is 0 Å². The summed E-state index contributed by atoms with van der Waals surface area (Å²) in [7, 11) is 6.67. The second-order valence-corrected chi connectivity index (χ2v) is 5.17. The summed E-state index contributed by atoms with van der Waals surface area (Å²) in [5.74, 6) is 0.346. The highest BCUT2D eigenvalue weighted by Crippen LogP contribution is 2.14. The lowest BCUT2D eigenvalue weighted by Gasteiger charge is -2.31. The minimum absolute atomic E-state index is 0.346. The smallest absolute Gasteiger partial charge is 0.115 e. The van der Waals surface area contributed by atoms with Gasteiger partial charge < -0.3 is 9.59 Å². The van der Waals surface area contributed by atoms with Gasteiger partial charge in [0.25, 0.3) is 0 Å². The molecule has 0 aliphatic carbocycles. The van der Waals surface area contributed by atoms with E-state index in [1.165, 1.54) is 12.0 Å². The standard InChI is InChI=1S/C13H21NO/c1-11(14(2,3)4)5-6-12-7-9-13(15)10-8-12/h7-11H,5-6H2,1-4H3/p+1. The zero-order valence-electron chi connectivity index (χ0n) is 10.2. The highest BCUT2D eigenvalue weighted by Gasteiger charge is 2.17. The average molecular weight is 208 g/mol. The number of nitrogens with zero attached hydrogens (tertiary/aromatic N) is 1. The first-order valence-electron chi connectivity index (χ1n) is 5.48. The molecule has 1 aromatic rings. The number of hydrogen-bond acceptors (Lipinski definition) is 1. The number of aromatic hydroxyl groups is 1. The quantitative estimate of drug-likeness (QED) is 0.753. The van der Waals surface area contributed by atoms with Crippen molar-refractivity contribution in [3.05, 3.63) is 29.8 Å². The molecule has 2 heteroatoms. The monoisotopic (exact) mass is 208 g/mol. The Balaban J connectivity index is 2.47. The molecule has 1 rings (SSSR count). The summed E-state index contributed by atoms with van der Waals surface area (Å²) in [4.78, 5) is 0. The van der Waals surface area contributed by atoms with Gasteiger partial charge in [0.15, 0.2) is 0 Å². The Bertz CT molecular complexity index is 297. The summed E-state index contributed by atoms with van der Waals surface area (Å²) in [5, 5.41) is 9.16. The maximum atomic E-state index is 9.16. The van der Waals surface area contributed by atoms with Gasteiger partial charge in [0.05, 0.1) is 27.2 Å². The fourth-order valence-corrected chi connectivity index (χ4v) is 1.43. The van der Waals surface area contributed by atoms with Crippen molar-refractivity contribution < 1.29 is 9.59 Å². The molecule has 1 unspecified atom stereocenters. The minimum Gasteiger partial charge on any atom is -0.508 e. The van der Waals surface area contributed by atoms with Gasteiger partial charge >= 0.3 is 0 Å². The molecule has 0 radical (unpaired) electrons. The molecule has 0 saturated heterocycles. The second kappa shape index (κ2) is 4.67. The molecular formula is C13H22NO+. The van der Waals surface area contributed by atoms with Crippen molar-refractivity contribution in [1.82, 2.24) is 0 Å². The van der Waals surface area contributed by atoms with E-state index in [1.54, 1.807) is 12.1 Å². The van der Waals surface area contributed by atoms with Crippen LogP contribution in [0.1, 0.15) is 18.9 Å². The molecule has 0 bridgehead atoms. The van der Waals surface area contributed by atoms with Crippen molar-refractivity contribution in [2.24, 2.45) is 0 Å². The Morgan fingerprint density at radius 1 is 1.13 bits per heavy atom. The van der Waals surface area contributed by atoms with Crippen LogP contribution in [0.15, 0.2) is 24.3 Å². The number of quaternary nitrogens is 1. The fraction of sp³-hybridized carbons (Fsp3) is 0.538. The first kappa shape index (κ1) is 12.1. The van der Waals surface area contributed by atoms with E-state index in [0.717, 1.165) is 10.9 Å². The van der Waals surface area contributed by atoms with Crippen LogP contribution in [0.2, 0.25) is 0 Å². The third-order valence-electron chi connectivity index (χ3n) is 3.11. The van der Waals surface area contributed by atoms with Crippen molar-refractivity contribution in [1.29, 1.82) is 0 Å². The van der Waals surface area contributed by atoms with Crippen molar-refractivity contribution in [2.45, 2.75) is 25.8 Å². The Kier molecular flexibility index (Phi) is 3.75. The van der Waals surface area contributed by atoms with Gasteiger partial charge in [-0.3, -0.25) is 0 Å². The molecule has 2 nitrogen and oxygen atoms in total. The first-order chi connectivity index (χ1) is 6.89. The van der Waals surface area contributed by atoms with Gasteiger partial charge in [0, 0.05) is 6.42 Å². The Morgan fingerprint density at radius 3 is 2.13 bits per heavy atom. The minimum atomic E-state index is 0.346. The molecule has 0 aromatic heterocycles. The summed E-state index contributed by atoms with van der Waals surface area (Å²) in [6.45, 7) is 2.28. The van der Waals surface area contributed by atoms with Gasteiger partial charge in [-0.05, 0) is 31.0 Å². The molecule has 1 atom stereocenters. The van der Waals surface area contributed by atoms with Crippen LogP contribution < -0.4 is 0 Å². The lowest BCUT2D eigenvalue weighted by atomic mass is 10.0. The van der Waals surface area contributed by atoms with Crippen LogP contribution in [0.4, 0.5) is 0 Å². The van der Waals surface area contributed by atoms with Gasteiger partial charge in [0.1, 0.15) is 5.75 Å². The number of hydrogen-bond donors (Lipinski definition) is 1. The van der Waals surface area contributed by atoms with Gasteiger partial charge in [-0.25, -0.2) is 0 Å². The summed E-state index contributed by atoms with van der Waals surface area (Å²) < 4.78 is 0.998. The van der Waals surface area contributed by atoms with Crippen LogP contribution in [0.5, 0.6) is 5.75 Å². The molecule has 0 saturated carbocycles. The van der Waals surface area contributed by atoms with Crippen LogP contribution in [-0.4, -0.2) is 36.8 Å². The Hall–Kier alpha value is -1.02. The molecule has 0 spiro atoms. The van der Waals surface area contributed by atoms with Crippen molar-refractivity contribution in [2.75, 3.05) is 21.1 Å². The topological polar surface area (TPSA) is 20.2 Å². The van der Waals surface area contributed by atoms with Crippen LogP contribution in [0, 0.1) is 0 Å². The van der Waals surface area contributed by atoms with E-state index in [4.69, 9.17) is 5.11 Å². The van der Waals surface area contributed by atoms with Gasteiger partial charge in [0.2, 0.25) is 0 Å². The predicted octanol–water partition coefficient (Wildman–Crippen LogP) is 2.42. The highest BCUT2D eigenvalue weighted by molar-refractivity contribution is 5.25. The number of phenolic OH excluding ortho intramolecular Hbond substituents is 1.